The van der Waals surface area contributed by atoms with Crippen molar-refractivity contribution in [2.45, 2.75) is 12.5 Å². The third-order valence-corrected chi connectivity index (χ3v) is 2.60. The highest BCUT2D eigenvalue weighted by Gasteiger charge is 2.14. The predicted molar refractivity (Wildman–Crippen MR) is 43.2 cm³/mol. The maximum Gasteiger partial charge on any atom is 0.0905 e. The Bertz CT molecular complexity index is 263. The molecule has 0 amide bonds. The number of hydrogen-bond donors (Lipinski definition) is 0. The number of aliphatic imine (C=N–C) groups is 1. The molecule has 0 N–H and O–H groups in total. The number of carboxylic acid groups (broad SMARTS) is 2. The van der Waals surface area contributed by atoms with Crippen molar-refractivity contribution in [2.24, 2.45) is 4.99 Å². The molecule has 1 aliphatic heterocycles. The lowest BCUT2D eigenvalue weighted by atomic mass is 10.2. The van der Waals surface area contributed by atoms with Gasteiger partial charge >= 0.3 is 0 Å². The van der Waals surface area contributed by atoms with Crippen molar-refractivity contribution in [3.8, 4) is 0 Å². The van der Waals surface area contributed by atoms with Gasteiger partial charge in [-0.25, -0.2) is 0 Å². The van der Waals surface area contributed by atoms with Gasteiger partial charge in [0.1, 0.15) is 0 Å². The topological polar surface area (TPSA) is 92.6 Å². The molecular weight excluding hydrogens is 194 g/mol. The number of carbonyl (C=O) groups is 2. The number of aliphatic carboxylic acids is 2. The predicted octanol–water partition coefficient (Wildman–Crippen LogP) is -2.57. The molecule has 6 heteroatoms. The molecule has 0 saturated heterocycles. The fraction of sp³-hybridized carbons (Fsp3) is 0.571. The summed E-state index contributed by atoms with van der Waals surface area (Å²) in [6.07, 6.45) is 0.309. The maximum absolute atomic E-state index is 10.4. The van der Waals surface area contributed by atoms with Crippen molar-refractivity contribution >= 4 is 29.4 Å². The van der Waals surface area contributed by atoms with Gasteiger partial charge in [0, 0.05) is 5.75 Å². The van der Waals surface area contributed by atoms with E-state index in [4.69, 9.17) is 0 Å². The van der Waals surface area contributed by atoms with Crippen LogP contribution in [0.25, 0.3) is 0 Å². The summed E-state index contributed by atoms with van der Waals surface area (Å²) in [7, 11) is 0. The van der Waals surface area contributed by atoms with E-state index in [9.17, 15) is 19.8 Å². The number of thioether (sulfide) groups is 1. The Kier molecular flexibility index (Phi) is 3.30. The molecule has 0 spiro atoms. The molecule has 1 rings (SSSR count). The van der Waals surface area contributed by atoms with Gasteiger partial charge in [0.05, 0.1) is 23.7 Å². The van der Waals surface area contributed by atoms with E-state index in [-0.39, 0.29) is 11.5 Å². The molecule has 0 fully saturated rings. The quantitative estimate of drug-likeness (QED) is 0.489. The first-order chi connectivity index (χ1) is 6.11. The van der Waals surface area contributed by atoms with Crippen LogP contribution < -0.4 is 10.2 Å². The van der Waals surface area contributed by atoms with E-state index < -0.39 is 18.0 Å². The van der Waals surface area contributed by atoms with E-state index in [1.807, 2.05) is 0 Å². The van der Waals surface area contributed by atoms with Gasteiger partial charge in [-0.3, -0.25) is 4.99 Å². The first-order valence-corrected chi connectivity index (χ1v) is 4.83. The second-order valence-corrected chi connectivity index (χ2v) is 3.64. The minimum Gasteiger partial charge on any atom is -0.548 e. The molecule has 1 aliphatic rings. The Balaban J connectivity index is 2.80. The van der Waals surface area contributed by atoms with E-state index in [1.54, 1.807) is 0 Å². The van der Waals surface area contributed by atoms with Gasteiger partial charge in [-0.2, -0.15) is 11.8 Å². The van der Waals surface area contributed by atoms with Gasteiger partial charge in [0.2, 0.25) is 0 Å². The molecule has 0 bridgehead atoms. The van der Waals surface area contributed by atoms with Crippen LogP contribution in [0.2, 0.25) is 0 Å². The summed E-state index contributed by atoms with van der Waals surface area (Å²) < 4.78 is 0. The highest BCUT2D eigenvalue weighted by Crippen LogP contribution is 2.12. The summed E-state index contributed by atoms with van der Waals surface area (Å²) >= 11 is 1.33. The van der Waals surface area contributed by atoms with Crippen LogP contribution in [-0.2, 0) is 9.59 Å². The number of nitrogens with zero attached hydrogens (tertiary/aromatic N) is 1. The van der Waals surface area contributed by atoms with Gasteiger partial charge in [-0.15, -0.1) is 0 Å². The molecule has 72 valence electrons. The number of hydrogen-bond acceptors (Lipinski definition) is 6. The fourth-order valence-corrected chi connectivity index (χ4v) is 1.86. The zero-order valence-corrected chi connectivity index (χ0v) is 7.50. The minimum atomic E-state index is -1.40. The van der Waals surface area contributed by atoms with Gasteiger partial charge in [0.15, 0.2) is 0 Å². The highest BCUT2D eigenvalue weighted by atomic mass is 32.2. The Hall–Kier alpha value is -1.04. The van der Waals surface area contributed by atoms with Crippen molar-refractivity contribution in [2.75, 3.05) is 11.5 Å². The molecule has 13 heavy (non-hydrogen) atoms. The van der Waals surface area contributed by atoms with E-state index >= 15 is 0 Å². The smallest absolute Gasteiger partial charge is 0.0905 e. The zero-order valence-electron chi connectivity index (χ0n) is 6.69. The number of carbonyl (C=O) groups excluding carboxylic acids is 2. The van der Waals surface area contributed by atoms with Gasteiger partial charge < -0.3 is 19.8 Å². The van der Waals surface area contributed by atoms with Crippen LogP contribution in [-0.4, -0.2) is 35.2 Å². The minimum absolute atomic E-state index is 0.197. The van der Waals surface area contributed by atoms with Crippen LogP contribution in [0.5, 0.6) is 0 Å². The molecule has 0 aromatic heterocycles. The van der Waals surface area contributed by atoms with Crippen LogP contribution >= 0.6 is 11.8 Å². The molecular formula is C7H7NO4S-2. The molecule has 5 nitrogen and oxygen atoms in total. The summed E-state index contributed by atoms with van der Waals surface area (Å²) in [5.41, 5.74) is -0.197. The third-order valence-electron chi connectivity index (χ3n) is 1.59. The highest BCUT2D eigenvalue weighted by molar-refractivity contribution is 8.00. The van der Waals surface area contributed by atoms with E-state index in [0.29, 0.717) is 12.2 Å². The lowest BCUT2D eigenvalue weighted by molar-refractivity contribution is -0.307. The molecule has 0 aromatic rings. The average Bonchev–Trinajstić information content (AvgIpc) is 2.28. The SMILES string of the molecule is O=C([O-])C1=N[C@H](C(=O)[O-])CCSC1. The zero-order chi connectivity index (χ0) is 9.84. The second kappa shape index (κ2) is 4.27. The molecule has 1 heterocycles. The molecule has 0 aromatic carbocycles. The van der Waals surface area contributed by atoms with Crippen molar-refractivity contribution in [3.05, 3.63) is 0 Å². The summed E-state index contributed by atoms with van der Waals surface area (Å²) in [5, 5.41) is 20.8. The first kappa shape index (κ1) is 10.0. The Morgan fingerprint density at radius 2 is 2.15 bits per heavy atom. The van der Waals surface area contributed by atoms with Crippen molar-refractivity contribution < 1.29 is 19.8 Å². The molecule has 1 atom stereocenters. The largest absolute Gasteiger partial charge is 0.548 e. The number of carboxylic acids is 2. The lowest BCUT2D eigenvalue weighted by Crippen LogP contribution is -2.38. The van der Waals surface area contributed by atoms with Crippen LogP contribution in [0.15, 0.2) is 4.99 Å². The van der Waals surface area contributed by atoms with Crippen molar-refractivity contribution in [1.82, 2.24) is 0 Å². The molecule has 0 aliphatic carbocycles. The van der Waals surface area contributed by atoms with Crippen LogP contribution in [0.4, 0.5) is 0 Å². The monoisotopic (exact) mass is 201 g/mol. The van der Waals surface area contributed by atoms with Crippen LogP contribution in [0.3, 0.4) is 0 Å². The molecule has 0 saturated carbocycles. The molecule has 0 unspecified atom stereocenters. The Morgan fingerprint density at radius 3 is 2.69 bits per heavy atom. The van der Waals surface area contributed by atoms with E-state index in [1.165, 1.54) is 11.8 Å². The Morgan fingerprint density at radius 1 is 1.46 bits per heavy atom. The molecule has 0 radical (unpaired) electrons. The second-order valence-electron chi connectivity index (χ2n) is 2.54. The summed E-state index contributed by atoms with van der Waals surface area (Å²) in [4.78, 5) is 24.4. The number of rotatable bonds is 2. The summed E-state index contributed by atoms with van der Waals surface area (Å²) in [6, 6.07) is -1.04. The van der Waals surface area contributed by atoms with Gasteiger partial charge in [0.25, 0.3) is 0 Å². The van der Waals surface area contributed by atoms with Crippen LogP contribution in [0, 0.1) is 0 Å². The summed E-state index contributed by atoms with van der Waals surface area (Å²) in [5.74, 6) is -1.97. The fourth-order valence-electron chi connectivity index (χ4n) is 0.936. The third kappa shape index (κ3) is 2.73. The average molecular weight is 201 g/mol. The standard InChI is InChI=1S/C7H9NO4S/c9-6(10)4-1-2-13-3-5(8-4)7(11)12/h4H,1-3H2,(H,9,10)(H,11,12)/p-2/t4-/m0/s1. The normalized spacial score (nSPS) is 23.1. The van der Waals surface area contributed by atoms with E-state index in [0.717, 1.165) is 0 Å². The first-order valence-electron chi connectivity index (χ1n) is 3.68. The van der Waals surface area contributed by atoms with Gasteiger partial charge in [-0.05, 0) is 12.2 Å². The van der Waals surface area contributed by atoms with Crippen molar-refractivity contribution in [1.29, 1.82) is 0 Å². The van der Waals surface area contributed by atoms with Crippen LogP contribution in [0.1, 0.15) is 6.42 Å². The van der Waals surface area contributed by atoms with Gasteiger partial charge in [-0.1, -0.05) is 0 Å². The summed E-state index contributed by atoms with van der Waals surface area (Å²) in [6.45, 7) is 0. The Labute approximate surface area is 78.9 Å². The van der Waals surface area contributed by atoms with Crippen molar-refractivity contribution in [3.63, 3.8) is 0 Å². The lowest BCUT2D eigenvalue weighted by Gasteiger charge is -2.11. The maximum atomic E-state index is 10.4. The van der Waals surface area contributed by atoms with E-state index in [2.05, 4.69) is 4.99 Å².